The van der Waals surface area contributed by atoms with Crippen molar-refractivity contribution in [3.05, 3.63) is 50.7 Å². The lowest BCUT2D eigenvalue weighted by Crippen LogP contribution is -2.42. The van der Waals surface area contributed by atoms with E-state index >= 15 is 0 Å². The molecule has 1 aliphatic heterocycles. The standard InChI is InChI=1S/C24H33N5O5/c1-4-5-11-28(19-20(25)29(14-15(2)3)24(33)27-22(19)31)23(32)16-8-6-9-17(13-16)26-21(30)18-10-7-12-34-18/h6,8-9,13,15,18H,4-5,7,10-12,14,25H2,1-3H3,(H,26,30)(H,27,31,33). The smallest absolute Gasteiger partial charge is 0.330 e. The molecular formula is C24H33N5O5. The number of nitrogens with two attached hydrogens (primary N) is 1. The molecule has 10 nitrogen and oxygen atoms in total. The second-order valence-corrected chi connectivity index (χ2v) is 8.88. The summed E-state index contributed by atoms with van der Waals surface area (Å²) in [6.45, 7) is 6.92. The van der Waals surface area contributed by atoms with Gasteiger partial charge in [0, 0.05) is 30.9 Å². The van der Waals surface area contributed by atoms with Gasteiger partial charge in [0.1, 0.15) is 11.9 Å². The van der Waals surface area contributed by atoms with E-state index in [0.29, 0.717) is 31.7 Å². The minimum Gasteiger partial charge on any atom is -0.383 e. The Bertz CT molecular complexity index is 1150. The van der Waals surface area contributed by atoms with Crippen molar-refractivity contribution >= 4 is 29.0 Å². The molecule has 1 aromatic carbocycles. The van der Waals surface area contributed by atoms with Crippen molar-refractivity contribution in [1.82, 2.24) is 9.55 Å². The number of carbonyl (C=O) groups excluding carboxylic acids is 2. The first-order chi connectivity index (χ1) is 16.2. The van der Waals surface area contributed by atoms with E-state index in [2.05, 4.69) is 10.3 Å². The third-order valence-electron chi connectivity index (χ3n) is 5.61. The van der Waals surface area contributed by atoms with E-state index in [9.17, 15) is 19.2 Å². The Morgan fingerprint density at radius 2 is 2.09 bits per heavy atom. The number of aromatic nitrogens is 2. The average molecular weight is 472 g/mol. The van der Waals surface area contributed by atoms with Gasteiger partial charge in [-0.15, -0.1) is 0 Å². The van der Waals surface area contributed by atoms with Gasteiger partial charge in [-0.05, 0) is 43.4 Å². The number of H-pyrrole nitrogens is 1. The van der Waals surface area contributed by atoms with Crippen LogP contribution in [0.4, 0.5) is 17.2 Å². The van der Waals surface area contributed by atoms with Crippen molar-refractivity contribution in [2.24, 2.45) is 5.92 Å². The van der Waals surface area contributed by atoms with Gasteiger partial charge < -0.3 is 20.7 Å². The Morgan fingerprint density at radius 3 is 2.74 bits per heavy atom. The van der Waals surface area contributed by atoms with Gasteiger partial charge in [0.2, 0.25) is 0 Å². The number of anilines is 3. The molecule has 1 unspecified atom stereocenters. The minimum atomic E-state index is -0.713. The number of hydrogen-bond donors (Lipinski definition) is 3. The van der Waals surface area contributed by atoms with E-state index in [1.807, 2.05) is 20.8 Å². The van der Waals surface area contributed by atoms with Crippen LogP contribution in [0.15, 0.2) is 33.9 Å². The van der Waals surface area contributed by atoms with Gasteiger partial charge in [0.25, 0.3) is 17.4 Å². The summed E-state index contributed by atoms with van der Waals surface area (Å²) < 4.78 is 6.70. The molecule has 0 bridgehead atoms. The first-order valence-corrected chi connectivity index (χ1v) is 11.7. The van der Waals surface area contributed by atoms with Gasteiger partial charge in [-0.1, -0.05) is 33.3 Å². The third kappa shape index (κ3) is 5.74. The number of nitrogen functional groups attached to an aromatic ring is 1. The van der Waals surface area contributed by atoms with Crippen molar-refractivity contribution in [3.8, 4) is 0 Å². The largest absolute Gasteiger partial charge is 0.383 e. The molecule has 0 aliphatic carbocycles. The van der Waals surface area contributed by atoms with Crippen molar-refractivity contribution < 1.29 is 14.3 Å². The fraction of sp³-hybridized carbons (Fsp3) is 0.500. The molecule has 10 heteroatoms. The maximum atomic E-state index is 13.6. The molecule has 1 aliphatic rings. The molecule has 0 saturated carbocycles. The number of aromatic amines is 1. The van der Waals surface area contributed by atoms with E-state index in [1.54, 1.807) is 24.3 Å². The quantitative estimate of drug-likeness (QED) is 0.513. The number of ether oxygens (including phenoxy) is 1. The predicted octanol–water partition coefficient (Wildman–Crippen LogP) is 2.34. The molecule has 0 spiro atoms. The Hall–Kier alpha value is -3.40. The van der Waals surface area contributed by atoms with Crippen molar-refractivity contribution in [2.45, 2.75) is 59.1 Å². The van der Waals surface area contributed by atoms with Crippen LogP contribution in [0.25, 0.3) is 0 Å². The molecule has 34 heavy (non-hydrogen) atoms. The second-order valence-electron chi connectivity index (χ2n) is 8.88. The number of benzene rings is 1. The molecule has 2 heterocycles. The zero-order chi connectivity index (χ0) is 24.8. The molecule has 1 atom stereocenters. The predicted molar refractivity (Wildman–Crippen MR) is 131 cm³/mol. The van der Waals surface area contributed by atoms with Crippen molar-refractivity contribution in [2.75, 3.05) is 29.1 Å². The maximum Gasteiger partial charge on any atom is 0.330 e. The van der Waals surface area contributed by atoms with Crippen LogP contribution in [0.2, 0.25) is 0 Å². The summed E-state index contributed by atoms with van der Waals surface area (Å²) in [6.07, 6.45) is 2.40. The van der Waals surface area contributed by atoms with Crippen LogP contribution >= 0.6 is 0 Å². The maximum absolute atomic E-state index is 13.6. The van der Waals surface area contributed by atoms with Crippen LogP contribution in [-0.2, 0) is 16.1 Å². The fourth-order valence-electron chi connectivity index (χ4n) is 3.91. The van der Waals surface area contributed by atoms with E-state index in [-0.39, 0.29) is 35.4 Å². The van der Waals surface area contributed by atoms with Crippen molar-refractivity contribution in [1.29, 1.82) is 0 Å². The lowest BCUT2D eigenvalue weighted by molar-refractivity contribution is -0.124. The molecule has 2 amide bonds. The molecule has 1 fully saturated rings. The lowest BCUT2D eigenvalue weighted by atomic mass is 10.1. The normalized spacial score (nSPS) is 15.5. The first-order valence-electron chi connectivity index (χ1n) is 11.7. The van der Waals surface area contributed by atoms with E-state index < -0.39 is 23.3 Å². The van der Waals surface area contributed by atoms with Gasteiger partial charge in [-0.3, -0.25) is 23.9 Å². The number of nitrogens with zero attached hydrogens (tertiary/aromatic N) is 2. The van der Waals surface area contributed by atoms with Gasteiger partial charge in [-0.2, -0.15) is 0 Å². The second kappa shape index (κ2) is 11.1. The molecule has 184 valence electrons. The van der Waals surface area contributed by atoms with Crippen LogP contribution in [0.5, 0.6) is 0 Å². The monoisotopic (exact) mass is 471 g/mol. The first kappa shape index (κ1) is 25.2. The summed E-state index contributed by atoms with van der Waals surface area (Å²) in [4.78, 5) is 54.7. The number of rotatable bonds is 9. The highest BCUT2D eigenvalue weighted by Gasteiger charge is 2.26. The van der Waals surface area contributed by atoms with Gasteiger partial charge in [0.15, 0.2) is 5.69 Å². The Kier molecular flexibility index (Phi) is 8.27. The summed E-state index contributed by atoms with van der Waals surface area (Å²) in [5.74, 6) is -0.655. The third-order valence-corrected chi connectivity index (χ3v) is 5.61. The van der Waals surface area contributed by atoms with Gasteiger partial charge >= 0.3 is 5.69 Å². The lowest BCUT2D eigenvalue weighted by Gasteiger charge is -2.25. The molecule has 1 saturated heterocycles. The zero-order valence-corrected chi connectivity index (χ0v) is 19.9. The summed E-state index contributed by atoms with van der Waals surface area (Å²) in [7, 11) is 0. The number of unbranched alkanes of at least 4 members (excludes halogenated alkanes) is 1. The highest BCUT2D eigenvalue weighted by Crippen LogP contribution is 2.23. The Labute approximate surface area is 198 Å². The van der Waals surface area contributed by atoms with Gasteiger partial charge in [0.05, 0.1) is 0 Å². The zero-order valence-electron chi connectivity index (χ0n) is 19.9. The minimum absolute atomic E-state index is 0.0465. The molecule has 1 aromatic heterocycles. The molecule has 4 N–H and O–H groups in total. The molecule has 3 rings (SSSR count). The Balaban J connectivity index is 1.96. The van der Waals surface area contributed by atoms with Crippen LogP contribution < -0.4 is 27.2 Å². The number of carbonyl (C=O) groups is 2. The number of hydrogen-bond acceptors (Lipinski definition) is 6. The Morgan fingerprint density at radius 1 is 1.32 bits per heavy atom. The van der Waals surface area contributed by atoms with Crippen LogP contribution in [0.3, 0.4) is 0 Å². The highest BCUT2D eigenvalue weighted by molar-refractivity contribution is 6.08. The summed E-state index contributed by atoms with van der Waals surface area (Å²) in [5.41, 5.74) is 5.63. The van der Waals surface area contributed by atoms with E-state index in [0.717, 1.165) is 12.8 Å². The highest BCUT2D eigenvalue weighted by atomic mass is 16.5. The number of amides is 2. The number of nitrogens with one attached hydrogen (secondary N) is 2. The topological polar surface area (TPSA) is 140 Å². The van der Waals surface area contributed by atoms with E-state index in [4.69, 9.17) is 10.5 Å². The fourth-order valence-corrected chi connectivity index (χ4v) is 3.91. The summed E-state index contributed by atoms with van der Waals surface area (Å²) >= 11 is 0. The van der Waals surface area contributed by atoms with Gasteiger partial charge in [-0.25, -0.2) is 4.79 Å². The average Bonchev–Trinajstić information content (AvgIpc) is 3.33. The molecule has 2 aromatic rings. The van der Waals surface area contributed by atoms with E-state index in [1.165, 1.54) is 9.47 Å². The molecular weight excluding hydrogens is 438 g/mol. The SMILES string of the molecule is CCCCN(C(=O)c1cccc(NC(=O)C2CCCO2)c1)c1c(N)n(CC(C)C)c(=O)[nH]c1=O. The van der Waals surface area contributed by atoms with Crippen LogP contribution in [-0.4, -0.2) is 40.6 Å². The van der Waals surface area contributed by atoms with Crippen LogP contribution in [0.1, 0.15) is 56.8 Å². The summed E-state index contributed by atoms with van der Waals surface area (Å²) in [5, 5.41) is 2.79. The summed E-state index contributed by atoms with van der Waals surface area (Å²) in [6, 6.07) is 6.51. The van der Waals surface area contributed by atoms with Crippen molar-refractivity contribution in [3.63, 3.8) is 0 Å². The molecule has 0 radical (unpaired) electrons. The van der Waals surface area contributed by atoms with Crippen LogP contribution in [0, 0.1) is 5.92 Å².